The first kappa shape index (κ1) is 16.1. The van der Waals surface area contributed by atoms with Crippen molar-refractivity contribution < 1.29 is 14.0 Å². The zero-order chi connectivity index (χ0) is 17.1. The summed E-state index contributed by atoms with van der Waals surface area (Å²) in [6, 6.07) is 6.22. The Balaban J connectivity index is 1.58. The maximum Gasteiger partial charge on any atom is 0.248 e. The van der Waals surface area contributed by atoms with Gasteiger partial charge in [-0.15, -0.1) is 5.10 Å². The fourth-order valence-corrected chi connectivity index (χ4v) is 2.74. The predicted octanol–water partition coefficient (Wildman–Crippen LogP) is 1.34. The summed E-state index contributed by atoms with van der Waals surface area (Å²) < 4.78 is 13.2. The Bertz CT molecular complexity index is 760. The summed E-state index contributed by atoms with van der Waals surface area (Å²) in [6.07, 6.45) is 1.02. The van der Waals surface area contributed by atoms with E-state index in [2.05, 4.69) is 20.5 Å². The van der Waals surface area contributed by atoms with Crippen LogP contribution in [0.25, 0.3) is 0 Å². The van der Waals surface area contributed by atoms with E-state index in [0.717, 1.165) is 5.56 Å². The van der Waals surface area contributed by atoms with Gasteiger partial charge in [-0.05, 0) is 24.1 Å². The van der Waals surface area contributed by atoms with E-state index >= 15 is 0 Å². The minimum Gasteiger partial charge on any atom is -0.342 e. The van der Waals surface area contributed by atoms with Crippen LogP contribution in [-0.2, 0) is 16.0 Å². The van der Waals surface area contributed by atoms with Crippen LogP contribution in [0.3, 0.4) is 0 Å². The summed E-state index contributed by atoms with van der Waals surface area (Å²) >= 11 is 0. The molecule has 1 saturated heterocycles. The van der Waals surface area contributed by atoms with E-state index < -0.39 is 0 Å². The molecule has 2 N–H and O–H groups in total. The number of aromatic nitrogens is 3. The Kier molecular flexibility index (Phi) is 4.54. The van der Waals surface area contributed by atoms with Gasteiger partial charge in [0, 0.05) is 26.4 Å². The van der Waals surface area contributed by atoms with Crippen LogP contribution < -0.4 is 5.32 Å². The van der Waals surface area contributed by atoms with E-state index in [1.165, 1.54) is 19.1 Å². The van der Waals surface area contributed by atoms with Gasteiger partial charge in [0.15, 0.2) is 0 Å². The van der Waals surface area contributed by atoms with Crippen molar-refractivity contribution in [2.45, 2.75) is 19.8 Å². The molecule has 1 atom stereocenters. The van der Waals surface area contributed by atoms with Gasteiger partial charge in [0.1, 0.15) is 11.6 Å². The molecule has 24 heavy (non-hydrogen) atoms. The summed E-state index contributed by atoms with van der Waals surface area (Å²) in [4.78, 5) is 29.4. The van der Waals surface area contributed by atoms with Gasteiger partial charge in [0.25, 0.3) is 0 Å². The molecule has 126 valence electrons. The number of carbonyl (C=O) groups excluding carboxylic acids is 2. The fraction of sp³-hybridized carbons (Fsp3) is 0.375. The summed E-state index contributed by atoms with van der Waals surface area (Å²) in [5.41, 5.74) is 0.761. The molecule has 2 heterocycles. The smallest absolute Gasteiger partial charge is 0.248 e. The first-order valence-electron chi connectivity index (χ1n) is 7.73. The molecule has 1 aliphatic rings. The molecule has 0 spiro atoms. The van der Waals surface area contributed by atoms with Crippen LogP contribution in [0.4, 0.5) is 10.3 Å². The van der Waals surface area contributed by atoms with Crippen LogP contribution in [-0.4, -0.2) is 45.0 Å². The van der Waals surface area contributed by atoms with E-state index in [1.807, 2.05) is 0 Å². The molecule has 3 rings (SSSR count). The summed E-state index contributed by atoms with van der Waals surface area (Å²) in [6.45, 7) is 2.50. The second-order valence-corrected chi connectivity index (χ2v) is 5.85. The van der Waals surface area contributed by atoms with Crippen LogP contribution >= 0.6 is 0 Å². The van der Waals surface area contributed by atoms with Gasteiger partial charge in [-0.1, -0.05) is 12.1 Å². The minimum absolute atomic E-state index is 0.0272. The van der Waals surface area contributed by atoms with Gasteiger partial charge in [0.05, 0.1) is 5.92 Å². The molecule has 1 aromatic carbocycles. The maximum absolute atomic E-state index is 13.2. The molecular formula is C16H18FN5O2. The third kappa shape index (κ3) is 3.76. The highest BCUT2D eigenvalue weighted by Gasteiger charge is 2.30. The van der Waals surface area contributed by atoms with E-state index in [-0.39, 0.29) is 29.5 Å². The first-order valence-corrected chi connectivity index (χ1v) is 7.73. The Hall–Kier alpha value is -2.77. The molecule has 7 nitrogen and oxygen atoms in total. The van der Waals surface area contributed by atoms with Crippen molar-refractivity contribution in [3.05, 3.63) is 41.5 Å². The van der Waals surface area contributed by atoms with Gasteiger partial charge >= 0.3 is 0 Å². The number of likely N-dealkylation sites (tertiary alicyclic amines) is 1. The average Bonchev–Trinajstić information content (AvgIpc) is 3.17. The van der Waals surface area contributed by atoms with Crippen molar-refractivity contribution in [1.82, 2.24) is 20.1 Å². The number of H-pyrrole nitrogens is 1. The van der Waals surface area contributed by atoms with Crippen molar-refractivity contribution >= 4 is 17.8 Å². The monoisotopic (exact) mass is 331 g/mol. The standard InChI is InChI=1S/C16H18FN5O2/c1-10(23)22-6-5-12(9-22)15(24)19-16-18-14(20-21-16)8-11-3-2-4-13(17)7-11/h2-4,7,12H,5-6,8-9H2,1H3,(H2,18,19,20,21,24). The van der Waals surface area contributed by atoms with Crippen molar-refractivity contribution in [1.29, 1.82) is 0 Å². The van der Waals surface area contributed by atoms with Crippen LogP contribution in [0.2, 0.25) is 0 Å². The molecule has 1 aromatic heterocycles. The number of aromatic amines is 1. The molecular weight excluding hydrogens is 313 g/mol. The zero-order valence-corrected chi connectivity index (χ0v) is 13.3. The predicted molar refractivity (Wildman–Crippen MR) is 84.6 cm³/mol. The third-order valence-electron chi connectivity index (χ3n) is 4.03. The van der Waals surface area contributed by atoms with Crippen LogP contribution in [0.1, 0.15) is 24.7 Å². The lowest BCUT2D eigenvalue weighted by Crippen LogP contribution is -2.30. The van der Waals surface area contributed by atoms with Crippen molar-refractivity contribution in [2.75, 3.05) is 18.4 Å². The third-order valence-corrected chi connectivity index (χ3v) is 4.03. The van der Waals surface area contributed by atoms with E-state index in [0.29, 0.717) is 31.8 Å². The van der Waals surface area contributed by atoms with E-state index in [1.54, 1.807) is 17.0 Å². The first-order chi connectivity index (χ1) is 11.5. The number of carbonyl (C=O) groups is 2. The SMILES string of the molecule is CC(=O)N1CCC(C(=O)Nc2n[nH]c(Cc3cccc(F)c3)n2)C1. The van der Waals surface area contributed by atoms with E-state index in [4.69, 9.17) is 0 Å². The molecule has 1 fully saturated rings. The summed E-state index contributed by atoms with van der Waals surface area (Å²) in [5.74, 6) is -0.0631. The molecule has 1 aliphatic heterocycles. The lowest BCUT2D eigenvalue weighted by atomic mass is 10.1. The number of benzene rings is 1. The highest BCUT2D eigenvalue weighted by molar-refractivity contribution is 5.91. The lowest BCUT2D eigenvalue weighted by Gasteiger charge is -2.13. The summed E-state index contributed by atoms with van der Waals surface area (Å²) in [5, 5.41) is 9.35. The van der Waals surface area contributed by atoms with Crippen LogP contribution in [0, 0.1) is 11.7 Å². The molecule has 0 radical (unpaired) electrons. The number of halogens is 1. The Labute approximate surface area is 138 Å². The van der Waals surface area contributed by atoms with Gasteiger partial charge in [-0.2, -0.15) is 4.98 Å². The molecule has 1 unspecified atom stereocenters. The van der Waals surface area contributed by atoms with E-state index in [9.17, 15) is 14.0 Å². The van der Waals surface area contributed by atoms with Gasteiger partial charge in [-0.25, -0.2) is 4.39 Å². The van der Waals surface area contributed by atoms with Gasteiger partial charge in [0.2, 0.25) is 17.8 Å². The normalized spacial score (nSPS) is 17.1. The molecule has 2 amide bonds. The largest absolute Gasteiger partial charge is 0.342 e. The Morgan fingerprint density at radius 3 is 3.00 bits per heavy atom. The lowest BCUT2D eigenvalue weighted by molar-refractivity contribution is -0.128. The molecule has 0 aliphatic carbocycles. The average molecular weight is 331 g/mol. The number of nitrogens with zero attached hydrogens (tertiary/aromatic N) is 3. The fourth-order valence-electron chi connectivity index (χ4n) is 2.74. The molecule has 2 aromatic rings. The zero-order valence-electron chi connectivity index (χ0n) is 13.3. The van der Waals surface area contributed by atoms with Crippen molar-refractivity contribution in [3.8, 4) is 0 Å². The van der Waals surface area contributed by atoms with Crippen LogP contribution in [0.5, 0.6) is 0 Å². The number of hydrogen-bond donors (Lipinski definition) is 2. The molecule has 8 heteroatoms. The van der Waals surface area contributed by atoms with Crippen molar-refractivity contribution in [3.63, 3.8) is 0 Å². The number of rotatable bonds is 4. The Morgan fingerprint density at radius 1 is 1.46 bits per heavy atom. The minimum atomic E-state index is -0.309. The highest BCUT2D eigenvalue weighted by Crippen LogP contribution is 2.18. The molecule has 0 saturated carbocycles. The topological polar surface area (TPSA) is 91.0 Å². The molecule has 0 bridgehead atoms. The number of anilines is 1. The highest BCUT2D eigenvalue weighted by atomic mass is 19.1. The quantitative estimate of drug-likeness (QED) is 0.884. The Morgan fingerprint density at radius 2 is 2.29 bits per heavy atom. The van der Waals surface area contributed by atoms with Gasteiger partial charge in [-0.3, -0.25) is 20.0 Å². The number of nitrogens with one attached hydrogen (secondary N) is 2. The van der Waals surface area contributed by atoms with Gasteiger partial charge < -0.3 is 4.90 Å². The van der Waals surface area contributed by atoms with Crippen LogP contribution in [0.15, 0.2) is 24.3 Å². The number of hydrogen-bond acceptors (Lipinski definition) is 4. The summed E-state index contributed by atoms with van der Waals surface area (Å²) in [7, 11) is 0. The maximum atomic E-state index is 13.2. The second kappa shape index (κ2) is 6.77. The second-order valence-electron chi connectivity index (χ2n) is 5.85. The van der Waals surface area contributed by atoms with Crippen molar-refractivity contribution in [2.24, 2.45) is 5.92 Å². The number of amides is 2.